The first kappa shape index (κ1) is 46.0. The topological polar surface area (TPSA) is 192 Å². The highest BCUT2D eigenvalue weighted by molar-refractivity contribution is 7.99. The average molecular weight is 905 g/mol. The normalized spacial score (nSPS) is 18.1. The van der Waals surface area contributed by atoms with Gasteiger partial charge in [-0.2, -0.15) is 5.26 Å². The van der Waals surface area contributed by atoms with Crippen LogP contribution in [0.3, 0.4) is 0 Å². The van der Waals surface area contributed by atoms with Gasteiger partial charge in [-0.15, -0.1) is 11.8 Å². The minimum Gasteiger partial charge on any atom is -0.378 e. The average Bonchev–Trinajstić information content (AvgIpc) is 3.86. The van der Waals surface area contributed by atoms with Crippen molar-refractivity contribution >= 4 is 57.8 Å². The van der Waals surface area contributed by atoms with Crippen molar-refractivity contribution < 1.29 is 42.9 Å². The van der Waals surface area contributed by atoms with Crippen molar-refractivity contribution in [2.24, 2.45) is 0 Å². The molecule has 2 saturated heterocycles. The second-order valence-corrected chi connectivity index (χ2v) is 18.5. The largest absolute Gasteiger partial charge is 0.378 e. The number of benzene rings is 3. The Labute approximate surface area is 382 Å². The number of nitrogens with one attached hydrogen (secondary N) is 3. The molecule has 3 aromatic carbocycles. The van der Waals surface area contributed by atoms with Gasteiger partial charge in [-0.3, -0.25) is 29.3 Å². The molecule has 3 N–H and O–H groups in total. The van der Waals surface area contributed by atoms with Crippen LogP contribution in [-0.2, 0) is 51.7 Å². The highest BCUT2D eigenvalue weighted by Crippen LogP contribution is 2.46. The molecule has 0 saturated carbocycles. The zero-order valence-electron chi connectivity index (χ0n) is 37.2. The van der Waals surface area contributed by atoms with E-state index in [1.165, 1.54) is 0 Å². The fourth-order valence-electron chi connectivity index (χ4n) is 9.42. The van der Waals surface area contributed by atoms with E-state index in [9.17, 15) is 29.2 Å². The number of rotatable bonds is 19. The second kappa shape index (κ2) is 20.3. The molecule has 3 aliphatic heterocycles. The minimum atomic E-state index is -0.637. The van der Waals surface area contributed by atoms with Gasteiger partial charge in [-0.25, -0.2) is 0 Å². The number of anilines is 1. The molecule has 0 bridgehead atoms. The molecule has 1 unspecified atom stereocenters. The first-order valence-electron chi connectivity index (χ1n) is 22.5. The quantitative estimate of drug-likeness (QED) is 0.0636. The predicted octanol–water partition coefficient (Wildman–Crippen LogP) is 5.18. The molecule has 15 nitrogen and oxygen atoms in total. The van der Waals surface area contributed by atoms with Gasteiger partial charge in [-0.05, 0) is 78.8 Å². The summed E-state index contributed by atoms with van der Waals surface area (Å²) in [6, 6.07) is 16.9. The fraction of sp³-hybridized carbons (Fsp3) is 0.469. The van der Waals surface area contributed by atoms with Crippen LogP contribution in [0.2, 0.25) is 0 Å². The number of aromatic nitrogens is 1. The van der Waals surface area contributed by atoms with Crippen LogP contribution >= 0.6 is 11.8 Å². The van der Waals surface area contributed by atoms with Crippen molar-refractivity contribution in [1.29, 1.82) is 5.26 Å². The van der Waals surface area contributed by atoms with Gasteiger partial charge in [0.05, 0.1) is 63.4 Å². The standard InChI is InChI=1S/C49H56N6O9S/c1-4-31-25-35-37(49(2,3)46-44(45(35)58)34-9-8-30(27-50)24-38(34)52-46)26-40(31)54-14-12-32(13-15-54)51-43(57)29-64-21-20-62-17-16-61-18-19-63-22-23-65-41-7-5-6-33-36(41)28-55(48(33)60)39-10-11-42(56)53-47(39)59/h5-9,24-26,32,39,52H,4,10-23,28-29H2,1-3H3,(H,51,57)(H,53,56,59). The highest BCUT2D eigenvalue weighted by Gasteiger charge is 2.42. The van der Waals surface area contributed by atoms with Crippen LogP contribution < -0.4 is 15.5 Å². The molecular formula is C49H56N6O9S. The van der Waals surface area contributed by atoms with Gasteiger partial charge in [0.2, 0.25) is 17.7 Å². The molecule has 4 aromatic rings. The van der Waals surface area contributed by atoms with Gasteiger partial charge < -0.3 is 39.0 Å². The summed E-state index contributed by atoms with van der Waals surface area (Å²) in [5.74, 6) is -0.356. The van der Waals surface area contributed by atoms with E-state index in [1.807, 2.05) is 24.3 Å². The summed E-state index contributed by atoms with van der Waals surface area (Å²) in [6.07, 6.45) is 2.93. The van der Waals surface area contributed by atoms with Gasteiger partial charge >= 0.3 is 0 Å². The highest BCUT2D eigenvalue weighted by atomic mass is 32.2. The van der Waals surface area contributed by atoms with E-state index in [0.29, 0.717) is 75.1 Å². The molecule has 0 spiro atoms. The lowest BCUT2D eigenvalue weighted by molar-refractivity contribution is -0.137. The number of fused-ring (bicyclic) bond motifs is 5. The molecule has 16 heteroatoms. The molecule has 0 radical (unpaired) electrons. The zero-order chi connectivity index (χ0) is 45.7. The number of nitriles is 1. The number of nitrogens with zero attached hydrogens (tertiary/aromatic N) is 3. The fourth-order valence-corrected chi connectivity index (χ4v) is 10.4. The van der Waals surface area contributed by atoms with E-state index in [4.69, 9.17) is 18.9 Å². The van der Waals surface area contributed by atoms with Crippen molar-refractivity contribution in [2.75, 3.05) is 76.6 Å². The summed E-state index contributed by atoms with van der Waals surface area (Å²) in [5, 5.41) is 15.8. The number of imide groups is 1. The number of hydrogen-bond acceptors (Lipinski definition) is 12. The van der Waals surface area contributed by atoms with Gasteiger partial charge in [0.1, 0.15) is 12.6 Å². The van der Waals surface area contributed by atoms with Crippen LogP contribution in [0.15, 0.2) is 53.4 Å². The molecule has 4 aliphatic rings. The van der Waals surface area contributed by atoms with Crippen LogP contribution in [-0.4, -0.2) is 123 Å². The smallest absolute Gasteiger partial charge is 0.255 e. The Balaban J connectivity index is 0.677. The van der Waals surface area contributed by atoms with E-state index in [2.05, 4.69) is 59.5 Å². The monoisotopic (exact) mass is 904 g/mol. The Morgan fingerprint density at radius 1 is 0.908 bits per heavy atom. The van der Waals surface area contributed by atoms with Crippen LogP contribution in [0, 0.1) is 11.3 Å². The van der Waals surface area contributed by atoms with Crippen molar-refractivity contribution in [3.8, 4) is 6.07 Å². The first-order valence-corrected chi connectivity index (χ1v) is 23.5. The number of amides is 4. The van der Waals surface area contributed by atoms with Crippen molar-refractivity contribution in [3.63, 3.8) is 0 Å². The SMILES string of the molecule is CCc1cc2c(cc1N1CCC(NC(=O)COCCOCCOCCOCCSc3cccc4c3CN(C3CCC(=O)NC3=O)C4=O)CC1)C(C)(C)c1[nH]c3cc(C#N)ccc3c1C2=O. The Morgan fingerprint density at radius 2 is 1.63 bits per heavy atom. The van der Waals surface area contributed by atoms with E-state index in [1.54, 1.807) is 28.8 Å². The number of piperidine rings is 2. The third-order valence-electron chi connectivity index (χ3n) is 12.9. The molecule has 8 rings (SSSR count). The summed E-state index contributed by atoms with van der Waals surface area (Å²) in [4.78, 5) is 72.2. The Bertz CT molecular complexity index is 2520. The van der Waals surface area contributed by atoms with Gasteiger partial charge in [-0.1, -0.05) is 32.9 Å². The molecule has 1 atom stereocenters. The van der Waals surface area contributed by atoms with Crippen molar-refractivity contribution in [1.82, 2.24) is 20.5 Å². The molecular weight excluding hydrogens is 849 g/mol. The Morgan fingerprint density at radius 3 is 2.34 bits per heavy atom. The lowest BCUT2D eigenvalue weighted by Crippen LogP contribution is -2.52. The second-order valence-electron chi connectivity index (χ2n) is 17.3. The lowest BCUT2D eigenvalue weighted by atomic mass is 9.70. The van der Waals surface area contributed by atoms with Gasteiger partial charge in [0.25, 0.3) is 5.91 Å². The molecule has 2 fully saturated rings. The van der Waals surface area contributed by atoms with Crippen LogP contribution in [0.5, 0.6) is 0 Å². The Hall–Kier alpha value is -5.57. The number of carbonyl (C=O) groups excluding carboxylic acids is 5. The number of thioether (sulfide) groups is 1. The maximum atomic E-state index is 14.1. The summed E-state index contributed by atoms with van der Waals surface area (Å²) in [5.41, 5.74) is 7.94. The van der Waals surface area contributed by atoms with Crippen molar-refractivity contribution in [2.45, 2.75) is 81.8 Å². The van der Waals surface area contributed by atoms with Gasteiger partial charge in [0, 0.05) is 81.6 Å². The third-order valence-corrected chi connectivity index (χ3v) is 13.9. The number of aryl methyl sites for hydroxylation is 1. The minimum absolute atomic E-state index is 0.0102. The number of H-pyrrole nitrogens is 1. The van der Waals surface area contributed by atoms with Crippen LogP contribution in [0.25, 0.3) is 10.9 Å². The molecule has 4 heterocycles. The van der Waals surface area contributed by atoms with E-state index in [0.717, 1.165) is 81.8 Å². The van der Waals surface area contributed by atoms with Crippen molar-refractivity contribution in [3.05, 3.63) is 93.2 Å². The van der Waals surface area contributed by atoms with E-state index < -0.39 is 17.4 Å². The third kappa shape index (κ3) is 9.85. The maximum absolute atomic E-state index is 14.1. The molecule has 4 amide bonds. The Kier molecular flexibility index (Phi) is 14.4. The first-order chi connectivity index (χ1) is 31.5. The van der Waals surface area contributed by atoms with Crippen LogP contribution in [0.1, 0.15) is 101 Å². The number of carbonyl (C=O) groups is 5. The summed E-state index contributed by atoms with van der Waals surface area (Å²) >= 11 is 1.60. The molecule has 65 heavy (non-hydrogen) atoms. The number of aromatic amines is 1. The zero-order valence-corrected chi connectivity index (χ0v) is 38.0. The summed E-state index contributed by atoms with van der Waals surface area (Å²) in [7, 11) is 0. The number of ether oxygens (including phenoxy) is 4. The molecule has 342 valence electrons. The maximum Gasteiger partial charge on any atom is 0.255 e. The summed E-state index contributed by atoms with van der Waals surface area (Å²) in [6.45, 7) is 11.0. The number of hydrogen-bond donors (Lipinski definition) is 3. The predicted molar refractivity (Wildman–Crippen MR) is 244 cm³/mol. The molecule has 1 aromatic heterocycles. The van der Waals surface area contributed by atoms with Gasteiger partial charge in [0.15, 0.2) is 5.78 Å². The number of ketones is 1. The van der Waals surface area contributed by atoms with Crippen LogP contribution in [0.4, 0.5) is 5.69 Å². The van der Waals surface area contributed by atoms with E-state index in [-0.39, 0.29) is 49.2 Å². The lowest BCUT2D eigenvalue weighted by Gasteiger charge is -2.38. The van der Waals surface area contributed by atoms with E-state index >= 15 is 0 Å². The molecule has 1 aliphatic carbocycles. The summed E-state index contributed by atoms with van der Waals surface area (Å²) < 4.78 is 22.5.